The molecule has 0 saturated heterocycles. The van der Waals surface area contributed by atoms with Gasteiger partial charge in [0.25, 0.3) is 0 Å². The van der Waals surface area contributed by atoms with E-state index in [-0.39, 0.29) is 0 Å². The van der Waals surface area contributed by atoms with Crippen LogP contribution < -0.4 is 5.32 Å². The molecule has 4 nitrogen and oxygen atoms in total. The Morgan fingerprint density at radius 2 is 1.44 bits per heavy atom. The summed E-state index contributed by atoms with van der Waals surface area (Å²) in [6.07, 6.45) is 0. The van der Waals surface area contributed by atoms with Crippen molar-refractivity contribution in [3.8, 4) is 0 Å². The van der Waals surface area contributed by atoms with Crippen molar-refractivity contribution in [2.24, 2.45) is 0 Å². The smallest absolute Gasteiger partial charge is 0.175 e. The molecule has 34 heavy (non-hydrogen) atoms. The molecular weight excluding hydrogens is 483 g/mol. The second kappa shape index (κ2) is 11.0. The third-order valence-electron chi connectivity index (χ3n) is 5.77. The Morgan fingerprint density at radius 3 is 2.00 bits per heavy atom. The fourth-order valence-electron chi connectivity index (χ4n) is 3.71. The van der Waals surface area contributed by atoms with E-state index in [1.54, 1.807) is 0 Å². The number of rotatable bonds is 7. The number of halogens is 2. The van der Waals surface area contributed by atoms with Gasteiger partial charge in [-0.3, -0.25) is 4.68 Å². The molecule has 0 aliphatic carbocycles. The van der Waals surface area contributed by atoms with Gasteiger partial charge in [0.15, 0.2) is 10.9 Å². The van der Waals surface area contributed by atoms with Crippen molar-refractivity contribution in [2.75, 3.05) is 5.32 Å². The van der Waals surface area contributed by atoms with Gasteiger partial charge in [0.2, 0.25) is 0 Å². The van der Waals surface area contributed by atoms with Gasteiger partial charge in [0, 0.05) is 24.3 Å². The standard InChI is InChI=1S/C27H26Cl2N4S/c1-19-20(2)33(18-23-13-14-24(28)25(29)15-23)31-26(19)30-27(34)32(16-21-9-5-3-6-10-21)17-22-11-7-4-8-12-22/h3-15H,16-18H2,1-2H3,(H,30,31,34). The highest BCUT2D eigenvalue weighted by Gasteiger charge is 2.17. The summed E-state index contributed by atoms with van der Waals surface area (Å²) in [4.78, 5) is 2.16. The molecule has 1 N–H and O–H groups in total. The maximum absolute atomic E-state index is 6.20. The van der Waals surface area contributed by atoms with Crippen molar-refractivity contribution >= 4 is 46.4 Å². The summed E-state index contributed by atoms with van der Waals surface area (Å²) in [6, 6.07) is 26.3. The first-order chi connectivity index (χ1) is 16.4. The molecule has 174 valence electrons. The second-order valence-electron chi connectivity index (χ2n) is 8.22. The van der Waals surface area contributed by atoms with Gasteiger partial charge in [-0.05, 0) is 54.9 Å². The number of thiocarbonyl (C=S) groups is 1. The molecule has 0 fully saturated rings. The fourth-order valence-corrected chi connectivity index (χ4v) is 4.25. The molecule has 0 spiro atoms. The Kier molecular flexibility index (Phi) is 7.88. The van der Waals surface area contributed by atoms with E-state index in [4.69, 9.17) is 40.5 Å². The van der Waals surface area contributed by atoms with Gasteiger partial charge in [0.1, 0.15) is 0 Å². The number of hydrogen-bond acceptors (Lipinski definition) is 2. The average Bonchev–Trinajstić information content (AvgIpc) is 3.10. The monoisotopic (exact) mass is 508 g/mol. The molecule has 0 atom stereocenters. The molecule has 0 amide bonds. The molecular formula is C27H26Cl2N4S. The van der Waals surface area contributed by atoms with Crippen molar-refractivity contribution in [1.29, 1.82) is 0 Å². The fraction of sp³-hybridized carbons (Fsp3) is 0.185. The third kappa shape index (κ3) is 5.98. The molecule has 4 rings (SSSR count). The first kappa shape index (κ1) is 24.3. The Hall–Kier alpha value is -2.86. The quantitative estimate of drug-likeness (QED) is 0.266. The Morgan fingerprint density at radius 1 is 0.853 bits per heavy atom. The second-order valence-corrected chi connectivity index (χ2v) is 9.42. The number of aromatic nitrogens is 2. The Labute approximate surface area is 216 Å². The van der Waals surface area contributed by atoms with Crippen LogP contribution in [0.2, 0.25) is 10.0 Å². The highest BCUT2D eigenvalue weighted by atomic mass is 35.5. The number of hydrogen-bond donors (Lipinski definition) is 1. The molecule has 3 aromatic carbocycles. The predicted octanol–water partition coefficient (Wildman–Crippen LogP) is 7.25. The van der Waals surface area contributed by atoms with Crippen molar-refractivity contribution in [3.05, 3.63) is 117 Å². The molecule has 0 saturated carbocycles. The zero-order valence-electron chi connectivity index (χ0n) is 19.1. The lowest BCUT2D eigenvalue weighted by Gasteiger charge is -2.26. The largest absolute Gasteiger partial charge is 0.340 e. The van der Waals surface area contributed by atoms with Crippen molar-refractivity contribution < 1.29 is 0 Å². The molecule has 4 aromatic rings. The number of nitrogens with zero attached hydrogens (tertiary/aromatic N) is 3. The van der Waals surface area contributed by atoms with Gasteiger partial charge in [0.05, 0.1) is 16.6 Å². The minimum Gasteiger partial charge on any atom is -0.340 e. The van der Waals surface area contributed by atoms with Gasteiger partial charge in [-0.25, -0.2) is 0 Å². The number of anilines is 1. The van der Waals surface area contributed by atoms with Crippen LogP contribution >= 0.6 is 35.4 Å². The van der Waals surface area contributed by atoms with E-state index in [0.717, 1.165) is 22.6 Å². The highest BCUT2D eigenvalue weighted by molar-refractivity contribution is 7.80. The minimum atomic E-state index is 0.540. The summed E-state index contributed by atoms with van der Waals surface area (Å²) in [5.74, 6) is 0.758. The van der Waals surface area contributed by atoms with Gasteiger partial charge in [-0.1, -0.05) is 89.9 Å². The summed E-state index contributed by atoms with van der Waals surface area (Å²) in [6.45, 7) is 6.10. The first-order valence-electron chi connectivity index (χ1n) is 11.0. The Bertz CT molecular complexity index is 1230. The normalized spacial score (nSPS) is 10.8. The topological polar surface area (TPSA) is 33.1 Å². The van der Waals surface area contributed by atoms with E-state index >= 15 is 0 Å². The maximum atomic E-state index is 6.20. The number of benzene rings is 3. The lowest BCUT2D eigenvalue weighted by atomic mass is 10.2. The van der Waals surface area contributed by atoms with Gasteiger partial charge in [-0.2, -0.15) is 5.10 Å². The summed E-state index contributed by atoms with van der Waals surface area (Å²) in [5.41, 5.74) is 5.54. The lowest BCUT2D eigenvalue weighted by molar-refractivity contribution is 0.412. The van der Waals surface area contributed by atoms with Crippen LogP contribution in [0.5, 0.6) is 0 Å². The predicted molar refractivity (Wildman–Crippen MR) is 146 cm³/mol. The van der Waals surface area contributed by atoms with Crippen LogP contribution in [-0.2, 0) is 19.6 Å². The third-order valence-corrected chi connectivity index (χ3v) is 6.87. The van der Waals surface area contributed by atoms with Gasteiger partial charge < -0.3 is 10.2 Å². The van der Waals surface area contributed by atoms with Crippen LogP contribution in [0.1, 0.15) is 27.9 Å². The van der Waals surface area contributed by atoms with E-state index in [9.17, 15) is 0 Å². The zero-order chi connectivity index (χ0) is 24.1. The number of nitrogens with one attached hydrogen (secondary N) is 1. The van der Waals surface area contributed by atoms with E-state index in [1.165, 1.54) is 11.1 Å². The van der Waals surface area contributed by atoms with Crippen LogP contribution in [0.4, 0.5) is 5.82 Å². The van der Waals surface area contributed by atoms with Crippen LogP contribution in [0.3, 0.4) is 0 Å². The molecule has 1 aromatic heterocycles. The molecule has 0 aliphatic heterocycles. The summed E-state index contributed by atoms with van der Waals surface area (Å²) in [5, 5.41) is 9.92. The SMILES string of the molecule is Cc1c(NC(=S)N(Cc2ccccc2)Cc2ccccc2)nn(Cc2ccc(Cl)c(Cl)c2)c1C. The highest BCUT2D eigenvalue weighted by Crippen LogP contribution is 2.25. The van der Waals surface area contributed by atoms with Crippen molar-refractivity contribution in [1.82, 2.24) is 14.7 Å². The average molecular weight is 510 g/mol. The Balaban J connectivity index is 1.54. The molecule has 0 unspecified atom stereocenters. The molecule has 7 heteroatoms. The van der Waals surface area contributed by atoms with E-state index in [1.807, 2.05) is 59.3 Å². The summed E-state index contributed by atoms with van der Waals surface area (Å²) in [7, 11) is 0. The van der Waals surface area contributed by atoms with Crippen LogP contribution in [-0.4, -0.2) is 19.8 Å². The van der Waals surface area contributed by atoms with Crippen LogP contribution in [0, 0.1) is 13.8 Å². The minimum absolute atomic E-state index is 0.540. The van der Waals surface area contributed by atoms with E-state index in [2.05, 4.69) is 48.3 Å². The van der Waals surface area contributed by atoms with Crippen molar-refractivity contribution in [2.45, 2.75) is 33.5 Å². The lowest BCUT2D eigenvalue weighted by Crippen LogP contribution is -2.34. The van der Waals surface area contributed by atoms with Gasteiger partial charge >= 0.3 is 0 Å². The maximum Gasteiger partial charge on any atom is 0.175 e. The van der Waals surface area contributed by atoms with Crippen LogP contribution in [0.15, 0.2) is 78.9 Å². The van der Waals surface area contributed by atoms with E-state index < -0.39 is 0 Å². The molecule has 0 radical (unpaired) electrons. The van der Waals surface area contributed by atoms with E-state index in [0.29, 0.717) is 34.8 Å². The molecule has 0 aliphatic rings. The molecule has 1 heterocycles. The summed E-state index contributed by atoms with van der Waals surface area (Å²) >= 11 is 18.1. The first-order valence-corrected chi connectivity index (χ1v) is 12.2. The van der Waals surface area contributed by atoms with Gasteiger partial charge in [-0.15, -0.1) is 0 Å². The molecule has 0 bridgehead atoms. The van der Waals surface area contributed by atoms with Crippen molar-refractivity contribution in [3.63, 3.8) is 0 Å². The zero-order valence-corrected chi connectivity index (χ0v) is 21.5. The van der Waals surface area contributed by atoms with Crippen LogP contribution in [0.25, 0.3) is 0 Å². The summed E-state index contributed by atoms with van der Waals surface area (Å²) < 4.78 is 1.96.